The first-order valence-electron chi connectivity index (χ1n) is 15.6. The number of aliphatic hydroxyl groups is 1. The molecule has 1 aliphatic heterocycles. The van der Waals surface area contributed by atoms with Crippen LogP contribution in [0.3, 0.4) is 0 Å². The molecule has 3 aromatic heterocycles. The van der Waals surface area contributed by atoms with Gasteiger partial charge < -0.3 is 19.3 Å². The molecule has 3 aromatic carbocycles. The van der Waals surface area contributed by atoms with Gasteiger partial charge in [0.2, 0.25) is 0 Å². The van der Waals surface area contributed by atoms with Gasteiger partial charge in [-0.2, -0.15) is 0 Å². The summed E-state index contributed by atoms with van der Waals surface area (Å²) in [6, 6.07) is 25.0. The summed E-state index contributed by atoms with van der Waals surface area (Å²) in [5.41, 5.74) is 3.52. The number of hydrogen-bond donors (Lipinski definition) is 1. The summed E-state index contributed by atoms with van der Waals surface area (Å²) in [6.07, 6.45) is 1.75. The topological polar surface area (TPSA) is 115 Å². The predicted octanol–water partition coefficient (Wildman–Crippen LogP) is 7.26. The van der Waals surface area contributed by atoms with E-state index < -0.39 is 17.7 Å². The Kier molecular flexibility index (Phi) is 8.28. The normalized spacial score (nSPS) is 15.8. The van der Waals surface area contributed by atoms with E-state index in [0.717, 1.165) is 10.3 Å². The molecule has 10 nitrogen and oxygen atoms in total. The lowest BCUT2D eigenvalue weighted by Crippen LogP contribution is -2.29. The Bertz CT molecular complexity index is 2210. The van der Waals surface area contributed by atoms with Crippen LogP contribution in [0.15, 0.2) is 96.7 Å². The number of hydrogen-bond acceptors (Lipinski definition) is 9. The van der Waals surface area contributed by atoms with E-state index in [2.05, 4.69) is 4.98 Å². The maximum absolute atomic E-state index is 14.0. The number of benzene rings is 3. The van der Waals surface area contributed by atoms with Gasteiger partial charge in [0.05, 0.1) is 40.7 Å². The molecule has 1 aliphatic rings. The molecule has 4 heterocycles. The number of rotatable bonds is 10. The van der Waals surface area contributed by atoms with Gasteiger partial charge in [-0.15, -0.1) is 0 Å². The van der Waals surface area contributed by atoms with E-state index in [9.17, 15) is 14.7 Å². The average Bonchev–Trinajstić information content (AvgIpc) is 3.74. The number of pyridine rings is 1. The first kappa shape index (κ1) is 30.9. The number of aromatic nitrogens is 3. The van der Waals surface area contributed by atoms with Gasteiger partial charge in [-0.3, -0.25) is 18.9 Å². The lowest BCUT2D eigenvalue weighted by atomic mass is 9.96. The van der Waals surface area contributed by atoms with Crippen LogP contribution in [0.1, 0.15) is 42.4 Å². The maximum atomic E-state index is 14.0. The van der Waals surface area contributed by atoms with Crippen LogP contribution in [0, 0.1) is 6.92 Å². The molecule has 242 valence electrons. The Morgan fingerprint density at radius 3 is 2.46 bits per heavy atom. The summed E-state index contributed by atoms with van der Waals surface area (Å²) in [5, 5.41) is 12.3. The molecule has 1 amide bonds. The van der Waals surface area contributed by atoms with E-state index in [1.54, 1.807) is 47.9 Å². The summed E-state index contributed by atoms with van der Waals surface area (Å²) in [6.45, 7) is 6.70. The summed E-state index contributed by atoms with van der Waals surface area (Å²) in [5.74, 6) is -0.358. The van der Waals surface area contributed by atoms with Crippen molar-refractivity contribution in [2.45, 2.75) is 33.4 Å². The molecule has 0 spiro atoms. The number of Topliss-reactive ketones (excluding diaryl/α,β-unsaturated/α-hetero) is 1. The monoisotopic (exact) mass is 660 g/mol. The highest BCUT2D eigenvalue weighted by Gasteiger charge is 2.49. The molecular weight excluding hydrogens is 628 g/mol. The fraction of sp³-hybridized carbons (Fsp3) is 0.189. The SMILES string of the molecule is CCOc1ccc2nc(N3C(=O)C(=O)C(=C(O)c4c(C)nc5ccccn45)C3c3ccc(OCc4ccccc4)c(OCC)c3)sc2c1. The summed E-state index contributed by atoms with van der Waals surface area (Å²) in [4.78, 5) is 38.7. The third-order valence-electron chi connectivity index (χ3n) is 8.06. The Morgan fingerprint density at radius 2 is 1.67 bits per heavy atom. The number of carbonyl (C=O) groups excluding carboxylic acids is 2. The van der Waals surface area contributed by atoms with E-state index in [4.69, 9.17) is 19.2 Å². The van der Waals surface area contributed by atoms with Crippen LogP contribution >= 0.6 is 11.3 Å². The molecule has 1 saturated heterocycles. The largest absolute Gasteiger partial charge is 0.505 e. The minimum atomic E-state index is -1.03. The van der Waals surface area contributed by atoms with Crippen LogP contribution in [0.2, 0.25) is 0 Å². The van der Waals surface area contributed by atoms with Gasteiger partial charge in [0.15, 0.2) is 22.4 Å². The fourth-order valence-electron chi connectivity index (χ4n) is 5.94. The zero-order valence-corrected chi connectivity index (χ0v) is 27.4. The van der Waals surface area contributed by atoms with Crippen molar-refractivity contribution in [3.05, 3.63) is 119 Å². The number of aryl methyl sites for hydroxylation is 1. The first-order chi connectivity index (χ1) is 23.4. The minimum Gasteiger partial charge on any atom is -0.505 e. The van der Waals surface area contributed by atoms with Crippen LogP contribution in [-0.2, 0) is 16.2 Å². The van der Waals surface area contributed by atoms with E-state index >= 15 is 0 Å². The van der Waals surface area contributed by atoms with Crippen molar-refractivity contribution < 1.29 is 28.9 Å². The van der Waals surface area contributed by atoms with Crippen molar-refractivity contribution in [3.63, 3.8) is 0 Å². The molecule has 7 rings (SSSR count). The first-order valence-corrected chi connectivity index (χ1v) is 16.4. The Balaban J connectivity index is 1.39. The second-order valence-electron chi connectivity index (χ2n) is 11.1. The minimum absolute atomic E-state index is 0.0802. The van der Waals surface area contributed by atoms with Crippen molar-refractivity contribution in [3.8, 4) is 17.2 Å². The van der Waals surface area contributed by atoms with E-state index in [1.165, 1.54) is 16.2 Å². The highest BCUT2D eigenvalue weighted by Crippen LogP contribution is 2.46. The second kappa shape index (κ2) is 12.8. The lowest BCUT2D eigenvalue weighted by molar-refractivity contribution is -0.132. The molecule has 11 heteroatoms. The molecule has 0 bridgehead atoms. The number of ketones is 1. The quantitative estimate of drug-likeness (QED) is 0.0928. The molecule has 48 heavy (non-hydrogen) atoms. The number of thiazole rings is 1. The van der Waals surface area contributed by atoms with Gasteiger partial charge in [0.25, 0.3) is 5.78 Å². The third-order valence-corrected chi connectivity index (χ3v) is 9.08. The van der Waals surface area contributed by atoms with Gasteiger partial charge in [-0.25, -0.2) is 9.97 Å². The third kappa shape index (κ3) is 5.51. The van der Waals surface area contributed by atoms with Crippen molar-refractivity contribution in [1.82, 2.24) is 14.4 Å². The zero-order chi connectivity index (χ0) is 33.4. The van der Waals surface area contributed by atoms with E-state index in [-0.39, 0.29) is 11.3 Å². The van der Waals surface area contributed by atoms with E-state index in [1.807, 2.05) is 68.4 Å². The fourth-order valence-corrected chi connectivity index (χ4v) is 6.96. The molecule has 0 radical (unpaired) electrons. The predicted molar refractivity (Wildman–Crippen MR) is 184 cm³/mol. The smallest absolute Gasteiger partial charge is 0.301 e. The van der Waals surface area contributed by atoms with Crippen molar-refractivity contribution in [2.75, 3.05) is 18.1 Å². The van der Waals surface area contributed by atoms with E-state index in [0.29, 0.717) is 70.3 Å². The average molecular weight is 661 g/mol. The molecule has 1 N–H and O–H groups in total. The van der Waals surface area contributed by atoms with Crippen LogP contribution < -0.4 is 19.1 Å². The van der Waals surface area contributed by atoms with Crippen LogP contribution in [0.25, 0.3) is 21.6 Å². The van der Waals surface area contributed by atoms with Crippen molar-refractivity contribution in [1.29, 1.82) is 0 Å². The van der Waals surface area contributed by atoms with Gasteiger partial charge >= 0.3 is 5.91 Å². The number of carbonyl (C=O) groups is 2. The molecule has 1 fully saturated rings. The highest BCUT2D eigenvalue weighted by molar-refractivity contribution is 7.22. The molecular formula is C37H32N4O6S. The maximum Gasteiger partial charge on any atom is 0.301 e. The van der Waals surface area contributed by atoms with Crippen LogP contribution in [-0.4, -0.2) is 44.4 Å². The molecule has 1 unspecified atom stereocenters. The van der Waals surface area contributed by atoms with Crippen molar-refractivity contribution >= 4 is 49.8 Å². The Labute approximate surface area is 280 Å². The summed E-state index contributed by atoms with van der Waals surface area (Å²) >= 11 is 1.26. The number of amides is 1. The van der Waals surface area contributed by atoms with Crippen LogP contribution in [0.5, 0.6) is 17.2 Å². The number of imidazole rings is 1. The van der Waals surface area contributed by atoms with Gasteiger partial charge in [-0.05, 0) is 74.4 Å². The number of fused-ring (bicyclic) bond motifs is 2. The van der Waals surface area contributed by atoms with Crippen LogP contribution in [0.4, 0.5) is 5.13 Å². The number of ether oxygens (including phenoxy) is 3. The number of anilines is 1. The van der Waals surface area contributed by atoms with Gasteiger partial charge in [0, 0.05) is 6.20 Å². The molecule has 0 aliphatic carbocycles. The highest BCUT2D eigenvalue weighted by atomic mass is 32.1. The Morgan fingerprint density at radius 1 is 0.875 bits per heavy atom. The van der Waals surface area contributed by atoms with Gasteiger partial charge in [0.1, 0.15) is 23.7 Å². The summed E-state index contributed by atoms with van der Waals surface area (Å²) in [7, 11) is 0. The van der Waals surface area contributed by atoms with Crippen molar-refractivity contribution in [2.24, 2.45) is 0 Å². The molecule has 0 saturated carbocycles. The lowest BCUT2D eigenvalue weighted by Gasteiger charge is -2.24. The number of aliphatic hydroxyl groups excluding tert-OH is 1. The zero-order valence-electron chi connectivity index (χ0n) is 26.5. The Hall–Kier alpha value is -5.68. The summed E-state index contributed by atoms with van der Waals surface area (Å²) < 4.78 is 20.3. The molecule has 6 aromatic rings. The number of nitrogens with zero attached hydrogens (tertiary/aromatic N) is 4. The molecule has 1 atom stereocenters. The van der Waals surface area contributed by atoms with Gasteiger partial charge in [-0.1, -0.05) is 53.8 Å². The standard InChI is InChI=1S/C37H32N4O6S/c1-4-45-25-15-16-26-29(20-25)48-37(39-26)41-33(24-14-17-27(28(19-24)46-5-2)47-21-23-11-7-6-8-12-23)31(35(43)36(41)44)34(42)32-22(3)38-30-13-9-10-18-40(30)32/h6-20,33,42H,4-5,21H2,1-3H3. The second-order valence-corrected chi connectivity index (χ2v) is 12.1.